The smallest absolute Gasteiger partial charge is 0.0203 e. The highest BCUT2D eigenvalue weighted by atomic mass is 31.2. The van der Waals surface area contributed by atoms with Crippen molar-refractivity contribution >= 4 is 12.8 Å². The summed E-state index contributed by atoms with van der Waals surface area (Å²) in [7, 11) is -1.24. The summed E-state index contributed by atoms with van der Waals surface area (Å²) in [5.74, 6) is 4.26. The lowest BCUT2D eigenvalue weighted by atomic mass is 10.5. The number of rotatable bonds is 1. The van der Waals surface area contributed by atoms with Gasteiger partial charge in [-0.15, -0.1) is 0 Å². The number of hydrogen-bond donors (Lipinski definition) is 1. The summed E-state index contributed by atoms with van der Waals surface area (Å²) in [5.41, 5.74) is 5.98. The molecule has 1 nitrogen and oxygen atoms in total. The molecule has 2 heteroatoms. The summed E-state index contributed by atoms with van der Waals surface area (Å²) in [6.45, 7) is 2.13. The molecule has 1 heterocycles. The summed E-state index contributed by atoms with van der Waals surface area (Å²) in [6, 6.07) is 0. The van der Waals surface area contributed by atoms with Gasteiger partial charge in [0.25, 0.3) is 0 Å². The fourth-order valence-electron chi connectivity index (χ4n) is 0.745. The molecule has 9 heavy (non-hydrogen) atoms. The van der Waals surface area contributed by atoms with Crippen molar-refractivity contribution in [1.82, 2.24) is 0 Å². The van der Waals surface area contributed by atoms with E-state index in [1.807, 2.05) is 18.2 Å². The molecule has 1 atom stereocenters. The lowest BCUT2D eigenvalue weighted by Gasteiger charge is -2.13. The molecule has 0 aromatic rings. The Morgan fingerprint density at radius 2 is 2.11 bits per heavy atom. The van der Waals surface area contributed by atoms with E-state index < -0.39 is 7.04 Å². The average molecular weight is 141 g/mol. The standard InChI is InChI=1S/C7H12NP/c1-2-9(8)6-4-3-5-7-9/h3-7H,2,8H2,1H3. The van der Waals surface area contributed by atoms with Gasteiger partial charge in [-0.25, -0.2) is 0 Å². The molecule has 0 aromatic heterocycles. The van der Waals surface area contributed by atoms with Crippen molar-refractivity contribution in [3.63, 3.8) is 0 Å². The Hall–Kier alpha value is -0.260. The minimum absolute atomic E-state index is 1.08. The molecule has 1 aliphatic heterocycles. The van der Waals surface area contributed by atoms with Crippen molar-refractivity contribution in [1.29, 1.82) is 0 Å². The molecule has 0 saturated heterocycles. The zero-order valence-electron chi connectivity index (χ0n) is 5.62. The van der Waals surface area contributed by atoms with Crippen LogP contribution in [0.3, 0.4) is 0 Å². The molecule has 0 aromatic carbocycles. The lowest BCUT2D eigenvalue weighted by molar-refractivity contribution is 1.48. The molecule has 0 spiro atoms. The van der Waals surface area contributed by atoms with Crippen LogP contribution in [0, 0.1) is 0 Å². The molecule has 0 aliphatic carbocycles. The minimum Gasteiger partial charge on any atom is -0.308 e. The maximum Gasteiger partial charge on any atom is -0.0203 e. The van der Waals surface area contributed by atoms with Gasteiger partial charge in [0.1, 0.15) is 0 Å². The first-order chi connectivity index (χ1) is 4.27. The van der Waals surface area contributed by atoms with Gasteiger partial charge in [0.2, 0.25) is 0 Å². The molecular formula is C7H12NP. The van der Waals surface area contributed by atoms with Gasteiger partial charge in [0.15, 0.2) is 0 Å². The van der Waals surface area contributed by atoms with Crippen LogP contribution in [0.5, 0.6) is 0 Å². The lowest BCUT2D eigenvalue weighted by Crippen LogP contribution is -1.98. The Labute approximate surface area is 56.3 Å². The summed E-state index contributed by atoms with van der Waals surface area (Å²) in [5, 5.41) is 0. The van der Waals surface area contributed by atoms with Crippen LogP contribution in [0.2, 0.25) is 0 Å². The average Bonchev–Trinajstić information content (AvgIpc) is 1.90. The molecule has 0 saturated carbocycles. The van der Waals surface area contributed by atoms with Gasteiger partial charge in [-0.1, -0.05) is 25.2 Å². The first-order valence-corrected chi connectivity index (χ1v) is 5.31. The van der Waals surface area contributed by atoms with Gasteiger partial charge in [0, 0.05) is 0 Å². The normalized spacial score (nSPS) is 32.2. The largest absolute Gasteiger partial charge is 0.308 e. The summed E-state index contributed by atoms with van der Waals surface area (Å²) in [6.07, 6.45) is 7.17. The van der Waals surface area contributed by atoms with Gasteiger partial charge in [-0.05, 0) is 24.8 Å². The Balaban J connectivity index is 2.93. The molecule has 50 valence electrons. The van der Waals surface area contributed by atoms with E-state index in [1.54, 1.807) is 0 Å². The van der Waals surface area contributed by atoms with E-state index in [1.165, 1.54) is 0 Å². The highest BCUT2D eigenvalue weighted by molar-refractivity contribution is 7.75. The van der Waals surface area contributed by atoms with Crippen LogP contribution < -0.4 is 5.50 Å². The first-order valence-electron chi connectivity index (χ1n) is 3.13. The van der Waals surface area contributed by atoms with Gasteiger partial charge in [0.05, 0.1) is 0 Å². The first kappa shape index (κ1) is 6.85. The van der Waals surface area contributed by atoms with Crippen LogP contribution >= 0.6 is 7.04 Å². The van der Waals surface area contributed by atoms with E-state index in [0.29, 0.717) is 0 Å². The molecular weight excluding hydrogens is 129 g/mol. The van der Waals surface area contributed by atoms with Crippen molar-refractivity contribution in [2.24, 2.45) is 5.50 Å². The zero-order valence-corrected chi connectivity index (χ0v) is 6.51. The van der Waals surface area contributed by atoms with Gasteiger partial charge >= 0.3 is 0 Å². The quantitative estimate of drug-likeness (QED) is 0.553. The van der Waals surface area contributed by atoms with Crippen molar-refractivity contribution in [3.05, 3.63) is 24.0 Å². The van der Waals surface area contributed by atoms with Crippen LogP contribution in [0.15, 0.2) is 24.0 Å². The SMILES string of the molecule is CCP1(N)=CC=CC=C1. The molecule has 0 radical (unpaired) electrons. The summed E-state index contributed by atoms with van der Waals surface area (Å²) < 4.78 is 0. The van der Waals surface area contributed by atoms with Crippen LogP contribution in [-0.2, 0) is 0 Å². The number of hydrogen-bond acceptors (Lipinski definition) is 1. The van der Waals surface area contributed by atoms with E-state index in [4.69, 9.17) is 5.50 Å². The van der Waals surface area contributed by atoms with Crippen molar-refractivity contribution < 1.29 is 0 Å². The van der Waals surface area contributed by atoms with Crippen molar-refractivity contribution in [2.75, 3.05) is 6.16 Å². The summed E-state index contributed by atoms with van der Waals surface area (Å²) in [4.78, 5) is 0. The number of allylic oxidation sites excluding steroid dienone is 3. The third-order valence-corrected chi connectivity index (χ3v) is 4.05. The molecule has 1 unspecified atom stereocenters. The van der Waals surface area contributed by atoms with Gasteiger partial charge in [-0.3, -0.25) is 0 Å². The topological polar surface area (TPSA) is 26.0 Å². The molecule has 1 rings (SSSR count). The van der Waals surface area contributed by atoms with E-state index in [2.05, 4.69) is 18.5 Å². The van der Waals surface area contributed by atoms with Gasteiger partial charge in [-0.2, -0.15) is 0 Å². The third-order valence-electron chi connectivity index (χ3n) is 1.50. The van der Waals surface area contributed by atoms with Crippen LogP contribution in [0.25, 0.3) is 0 Å². The zero-order chi connectivity index (χ0) is 6.74. The predicted octanol–water partition coefficient (Wildman–Crippen LogP) is 1.78. The highest BCUT2D eigenvalue weighted by Crippen LogP contribution is 2.39. The van der Waals surface area contributed by atoms with Gasteiger partial charge < -0.3 is 5.50 Å². The summed E-state index contributed by atoms with van der Waals surface area (Å²) >= 11 is 0. The monoisotopic (exact) mass is 141 g/mol. The Bertz CT molecular complexity index is 201. The van der Waals surface area contributed by atoms with Crippen LogP contribution in [0.1, 0.15) is 6.92 Å². The predicted molar refractivity (Wildman–Crippen MR) is 46.0 cm³/mol. The second kappa shape index (κ2) is 2.55. The second-order valence-corrected chi connectivity index (χ2v) is 5.41. The molecule has 0 bridgehead atoms. The van der Waals surface area contributed by atoms with E-state index >= 15 is 0 Å². The Morgan fingerprint density at radius 1 is 1.33 bits per heavy atom. The molecule has 1 aliphatic rings. The van der Waals surface area contributed by atoms with E-state index in [0.717, 1.165) is 6.16 Å². The number of nitrogens with two attached hydrogens (primary N) is 1. The van der Waals surface area contributed by atoms with Crippen molar-refractivity contribution in [2.45, 2.75) is 6.92 Å². The molecule has 2 N–H and O–H groups in total. The maximum atomic E-state index is 5.98. The van der Waals surface area contributed by atoms with Crippen molar-refractivity contribution in [3.8, 4) is 0 Å². The fourth-order valence-corrected chi connectivity index (χ4v) is 2.11. The van der Waals surface area contributed by atoms with Crippen LogP contribution in [-0.4, -0.2) is 12.0 Å². The van der Waals surface area contributed by atoms with Crippen LogP contribution in [0.4, 0.5) is 0 Å². The maximum absolute atomic E-state index is 5.98. The van der Waals surface area contributed by atoms with E-state index in [-0.39, 0.29) is 0 Å². The Morgan fingerprint density at radius 3 is 2.44 bits per heavy atom. The highest BCUT2D eigenvalue weighted by Gasteiger charge is 2.01. The van der Waals surface area contributed by atoms with E-state index in [9.17, 15) is 0 Å². The second-order valence-electron chi connectivity index (χ2n) is 2.19. The Kier molecular flexibility index (Phi) is 1.94. The molecule has 0 amide bonds. The fraction of sp³-hybridized carbons (Fsp3) is 0.286. The third kappa shape index (κ3) is 1.57. The minimum atomic E-state index is -1.24. The molecule has 0 fully saturated rings.